The second-order valence-corrected chi connectivity index (χ2v) is 6.99. The maximum atomic E-state index is 12.7. The Balaban J connectivity index is 1.51. The number of aromatic nitrogens is 2. The molecule has 1 N–H and O–H groups in total. The summed E-state index contributed by atoms with van der Waals surface area (Å²) < 4.78 is 2.47. The zero-order chi connectivity index (χ0) is 20.9. The summed E-state index contributed by atoms with van der Waals surface area (Å²) in [4.78, 5) is 37.5. The Labute approximate surface area is 173 Å². The highest BCUT2D eigenvalue weighted by molar-refractivity contribution is 5.90. The van der Waals surface area contributed by atoms with Crippen LogP contribution in [-0.2, 0) is 17.8 Å². The number of rotatable bonds is 6. The van der Waals surface area contributed by atoms with Crippen LogP contribution in [0.4, 0.5) is 0 Å². The van der Waals surface area contributed by atoms with Gasteiger partial charge in [0, 0.05) is 24.3 Å². The van der Waals surface area contributed by atoms with Crippen LogP contribution in [0.1, 0.15) is 5.56 Å². The first-order chi connectivity index (χ1) is 14.6. The van der Waals surface area contributed by atoms with Crippen LogP contribution in [-0.4, -0.2) is 21.6 Å². The molecule has 0 aliphatic heterocycles. The minimum Gasteiger partial charge on any atom is -0.354 e. The van der Waals surface area contributed by atoms with Gasteiger partial charge in [-0.1, -0.05) is 66.7 Å². The van der Waals surface area contributed by atoms with E-state index >= 15 is 0 Å². The van der Waals surface area contributed by atoms with Crippen molar-refractivity contribution in [3.8, 4) is 5.69 Å². The summed E-state index contributed by atoms with van der Waals surface area (Å²) in [5, 5.41) is 4.64. The Kier molecular flexibility index (Phi) is 5.57. The van der Waals surface area contributed by atoms with Crippen LogP contribution in [0.25, 0.3) is 16.5 Å². The zero-order valence-electron chi connectivity index (χ0n) is 16.3. The van der Waals surface area contributed by atoms with Gasteiger partial charge in [0.15, 0.2) is 0 Å². The molecule has 1 heterocycles. The number of fused-ring (bicyclic) bond motifs is 1. The maximum Gasteiger partial charge on any atom is 0.321 e. The summed E-state index contributed by atoms with van der Waals surface area (Å²) in [6.45, 7) is 0.268. The molecule has 3 aromatic carbocycles. The summed E-state index contributed by atoms with van der Waals surface area (Å²) in [7, 11) is 0. The molecular weight excluding hydrogens is 378 g/mol. The molecule has 0 saturated carbocycles. The molecule has 30 heavy (non-hydrogen) atoms. The SMILES string of the molecule is O=C(Cn1ccn(-c2cccc3ccccc23)c(=O)c1=O)NCCc1ccccc1. The Morgan fingerprint density at radius 2 is 1.53 bits per heavy atom. The first-order valence-electron chi connectivity index (χ1n) is 9.74. The van der Waals surface area contributed by atoms with Gasteiger partial charge < -0.3 is 5.32 Å². The second kappa shape index (κ2) is 8.61. The minimum absolute atomic E-state index is 0.195. The minimum atomic E-state index is -0.733. The number of benzene rings is 3. The average Bonchev–Trinajstić information content (AvgIpc) is 2.78. The van der Waals surface area contributed by atoms with Gasteiger partial charge in [-0.15, -0.1) is 0 Å². The van der Waals surface area contributed by atoms with Gasteiger partial charge in [0.25, 0.3) is 0 Å². The van der Waals surface area contributed by atoms with Crippen LogP contribution >= 0.6 is 0 Å². The van der Waals surface area contributed by atoms with E-state index in [0.29, 0.717) is 18.7 Å². The molecule has 4 rings (SSSR count). The van der Waals surface area contributed by atoms with E-state index in [-0.39, 0.29) is 12.5 Å². The molecular formula is C24H21N3O3. The van der Waals surface area contributed by atoms with Gasteiger partial charge >= 0.3 is 11.1 Å². The fourth-order valence-electron chi connectivity index (χ4n) is 3.44. The van der Waals surface area contributed by atoms with Gasteiger partial charge in [0.05, 0.1) is 5.69 Å². The number of carbonyl (C=O) groups excluding carboxylic acids is 1. The van der Waals surface area contributed by atoms with E-state index in [1.165, 1.54) is 17.0 Å². The highest BCUT2D eigenvalue weighted by Crippen LogP contribution is 2.20. The molecule has 1 aromatic heterocycles. The maximum absolute atomic E-state index is 12.7. The van der Waals surface area contributed by atoms with Crippen LogP contribution < -0.4 is 16.4 Å². The number of hydrogen-bond donors (Lipinski definition) is 1. The highest BCUT2D eigenvalue weighted by atomic mass is 16.2. The summed E-state index contributed by atoms with van der Waals surface area (Å²) in [5.74, 6) is -0.310. The summed E-state index contributed by atoms with van der Waals surface area (Å²) in [6, 6.07) is 23.1. The van der Waals surface area contributed by atoms with Crippen LogP contribution in [0.15, 0.2) is 94.8 Å². The monoisotopic (exact) mass is 399 g/mol. The summed E-state index contributed by atoms with van der Waals surface area (Å²) in [5.41, 5.74) is 0.330. The van der Waals surface area contributed by atoms with Crippen molar-refractivity contribution in [3.63, 3.8) is 0 Å². The Bertz CT molecular complexity index is 1300. The predicted molar refractivity (Wildman–Crippen MR) is 117 cm³/mol. The lowest BCUT2D eigenvalue weighted by molar-refractivity contribution is -0.121. The molecule has 0 spiro atoms. The number of hydrogen-bond acceptors (Lipinski definition) is 3. The number of amides is 1. The lowest BCUT2D eigenvalue weighted by Gasteiger charge is -2.11. The fourth-order valence-corrected chi connectivity index (χ4v) is 3.44. The molecule has 6 heteroatoms. The molecule has 0 radical (unpaired) electrons. The molecule has 1 amide bonds. The van der Waals surface area contributed by atoms with Gasteiger partial charge in [0.2, 0.25) is 5.91 Å². The molecule has 150 valence electrons. The van der Waals surface area contributed by atoms with E-state index in [1.807, 2.05) is 66.7 Å². The lowest BCUT2D eigenvalue weighted by atomic mass is 10.1. The van der Waals surface area contributed by atoms with Gasteiger partial charge in [-0.3, -0.25) is 23.5 Å². The van der Waals surface area contributed by atoms with E-state index in [4.69, 9.17) is 0 Å². The molecule has 0 bridgehead atoms. The third-order valence-corrected chi connectivity index (χ3v) is 4.98. The Morgan fingerprint density at radius 1 is 0.800 bits per heavy atom. The topological polar surface area (TPSA) is 73.1 Å². The molecule has 0 saturated heterocycles. The molecule has 0 aliphatic rings. The third kappa shape index (κ3) is 4.07. The second-order valence-electron chi connectivity index (χ2n) is 6.99. The van der Waals surface area contributed by atoms with Crippen LogP contribution in [0, 0.1) is 0 Å². The van der Waals surface area contributed by atoms with Gasteiger partial charge in [-0.05, 0) is 23.4 Å². The van der Waals surface area contributed by atoms with E-state index in [9.17, 15) is 14.4 Å². The largest absolute Gasteiger partial charge is 0.354 e. The number of carbonyl (C=O) groups is 1. The number of nitrogens with one attached hydrogen (secondary N) is 1. The van der Waals surface area contributed by atoms with Gasteiger partial charge in [-0.25, -0.2) is 0 Å². The van der Waals surface area contributed by atoms with Gasteiger partial charge in [0.1, 0.15) is 6.54 Å². The highest BCUT2D eigenvalue weighted by Gasteiger charge is 2.11. The van der Waals surface area contributed by atoms with Crippen LogP contribution in [0.2, 0.25) is 0 Å². The van der Waals surface area contributed by atoms with Crippen molar-refractivity contribution in [2.24, 2.45) is 0 Å². The van der Waals surface area contributed by atoms with Crippen molar-refractivity contribution in [2.45, 2.75) is 13.0 Å². The summed E-state index contributed by atoms with van der Waals surface area (Å²) in [6.07, 6.45) is 3.70. The van der Waals surface area contributed by atoms with E-state index < -0.39 is 11.1 Å². The van der Waals surface area contributed by atoms with Crippen LogP contribution in [0.3, 0.4) is 0 Å². The van der Waals surface area contributed by atoms with Crippen molar-refractivity contribution in [2.75, 3.05) is 6.54 Å². The molecule has 0 unspecified atom stereocenters. The zero-order valence-corrected chi connectivity index (χ0v) is 16.3. The Hall–Kier alpha value is -3.93. The normalized spacial score (nSPS) is 10.8. The van der Waals surface area contributed by atoms with Crippen molar-refractivity contribution in [3.05, 3.63) is 111 Å². The van der Waals surface area contributed by atoms with Gasteiger partial charge in [-0.2, -0.15) is 0 Å². The molecule has 0 atom stereocenters. The first-order valence-corrected chi connectivity index (χ1v) is 9.74. The predicted octanol–water partition coefficient (Wildman–Crippen LogP) is 2.51. The molecule has 4 aromatic rings. The van der Waals surface area contributed by atoms with Crippen molar-refractivity contribution in [1.29, 1.82) is 0 Å². The van der Waals surface area contributed by atoms with Crippen molar-refractivity contribution in [1.82, 2.24) is 14.5 Å². The molecule has 0 aliphatic carbocycles. The summed E-state index contributed by atoms with van der Waals surface area (Å²) >= 11 is 0. The van der Waals surface area contributed by atoms with Crippen LogP contribution in [0.5, 0.6) is 0 Å². The van der Waals surface area contributed by atoms with E-state index in [0.717, 1.165) is 20.9 Å². The first kappa shape index (κ1) is 19.4. The lowest BCUT2D eigenvalue weighted by Crippen LogP contribution is -2.42. The van der Waals surface area contributed by atoms with Crippen molar-refractivity contribution >= 4 is 16.7 Å². The number of nitrogens with zero attached hydrogens (tertiary/aromatic N) is 2. The third-order valence-electron chi connectivity index (χ3n) is 4.98. The van der Waals surface area contributed by atoms with E-state index in [1.54, 1.807) is 6.07 Å². The quantitative estimate of drug-likeness (QED) is 0.507. The molecule has 0 fully saturated rings. The Morgan fingerprint density at radius 3 is 2.37 bits per heavy atom. The average molecular weight is 399 g/mol. The van der Waals surface area contributed by atoms with E-state index in [2.05, 4.69) is 5.32 Å². The fraction of sp³-hybridized carbons (Fsp3) is 0.125. The van der Waals surface area contributed by atoms with Crippen molar-refractivity contribution < 1.29 is 4.79 Å². The standard InChI is InChI=1S/C24H21N3O3/c28-22(25-14-13-18-7-2-1-3-8-18)17-26-15-16-27(24(30)23(26)29)21-12-6-10-19-9-4-5-11-20(19)21/h1-12,15-16H,13-14,17H2,(H,25,28). The molecule has 6 nitrogen and oxygen atoms in total. The smallest absolute Gasteiger partial charge is 0.321 e.